The third kappa shape index (κ3) is 4.11. The average Bonchev–Trinajstić information content (AvgIpc) is 3.24. The van der Waals surface area contributed by atoms with Gasteiger partial charge in [-0.05, 0) is 54.7 Å². The highest BCUT2D eigenvalue weighted by molar-refractivity contribution is 7.89. The molecule has 0 spiro atoms. The van der Waals surface area contributed by atoms with E-state index in [0.717, 1.165) is 32.4 Å². The van der Waals surface area contributed by atoms with Gasteiger partial charge in [0.15, 0.2) is 0 Å². The number of hydrogen-bond donors (Lipinski definition) is 1. The van der Waals surface area contributed by atoms with Gasteiger partial charge in [-0.1, -0.05) is 24.3 Å². The molecule has 148 valence electrons. The second-order valence-corrected chi connectivity index (χ2v) is 9.35. The fraction of sp³-hybridized carbons (Fsp3) is 0.381. The predicted molar refractivity (Wildman–Crippen MR) is 108 cm³/mol. The molecule has 7 heteroatoms. The Morgan fingerprint density at radius 2 is 1.61 bits per heavy atom. The fourth-order valence-electron chi connectivity index (χ4n) is 3.88. The van der Waals surface area contributed by atoms with Gasteiger partial charge in [0.25, 0.3) is 0 Å². The van der Waals surface area contributed by atoms with Gasteiger partial charge in [-0.15, -0.1) is 0 Å². The van der Waals surface area contributed by atoms with Crippen LogP contribution in [0.1, 0.15) is 24.0 Å². The molecule has 1 fully saturated rings. The van der Waals surface area contributed by atoms with Crippen LogP contribution in [0, 0.1) is 0 Å². The summed E-state index contributed by atoms with van der Waals surface area (Å²) in [4.78, 5) is 14.8. The van der Waals surface area contributed by atoms with Gasteiger partial charge in [-0.3, -0.25) is 9.69 Å². The summed E-state index contributed by atoms with van der Waals surface area (Å²) >= 11 is 0. The molecule has 0 unspecified atom stereocenters. The summed E-state index contributed by atoms with van der Waals surface area (Å²) < 4.78 is 26.6. The van der Waals surface area contributed by atoms with Gasteiger partial charge in [-0.2, -0.15) is 4.31 Å². The Balaban J connectivity index is 1.35. The van der Waals surface area contributed by atoms with Gasteiger partial charge in [0.2, 0.25) is 15.9 Å². The van der Waals surface area contributed by atoms with Gasteiger partial charge in [0.1, 0.15) is 0 Å². The van der Waals surface area contributed by atoms with Crippen LogP contribution in [0.2, 0.25) is 0 Å². The number of amides is 1. The number of nitrogens with zero attached hydrogens (tertiary/aromatic N) is 2. The highest BCUT2D eigenvalue weighted by Gasteiger charge is 2.27. The Kier molecular flexibility index (Phi) is 5.48. The molecule has 0 atom stereocenters. The van der Waals surface area contributed by atoms with Crippen molar-refractivity contribution in [2.75, 3.05) is 31.5 Å². The van der Waals surface area contributed by atoms with E-state index in [2.05, 4.69) is 28.4 Å². The predicted octanol–water partition coefficient (Wildman–Crippen LogP) is 2.47. The molecule has 1 amide bonds. The molecule has 0 aromatic heterocycles. The van der Waals surface area contributed by atoms with E-state index in [1.807, 2.05) is 6.07 Å². The summed E-state index contributed by atoms with van der Waals surface area (Å²) in [5.41, 5.74) is 3.25. The maximum absolute atomic E-state index is 12.6. The van der Waals surface area contributed by atoms with Crippen molar-refractivity contribution in [3.63, 3.8) is 0 Å². The van der Waals surface area contributed by atoms with Crippen LogP contribution in [0.5, 0.6) is 0 Å². The number of benzene rings is 2. The molecule has 0 aliphatic carbocycles. The molecule has 28 heavy (non-hydrogen) atoms. The lowest BCUT2D eigenvalue weighted by molar-refractivity contribution is -0.117. The van der Waals surface area contributed by atoms with Gasteiger partial charge < -0.3 is 5.32 Å². The number of carbonyl (C=O) groups excluding carboxylic acids is 1. The molecule has 1 N–H and O–H groups in total. The number of nitrogens with one attached hydrogen (secondary N) is 1. The van der Waals surface area contributed by atoms with Crippen LogP contribution in [0.4, 0.5) is 5.69 Å². The number of fused-ring (bicyclic) bond motifs is 1. The summed E-state index contributed by atoms with van der Waals surface area (Å²) in [5, 5.41) is 2.87. The van der Waals surface area contributed by atoms with E-state index in [9.17, 15) is 13.2 Å². The third-order valence-corrected chi connectivity index (χ3v) is 7.33. The summed E-state index contributed by atoms with van der Waals surface area (Å²) in [5.74, 6) is -0.0884. The van der Waals surface area contributed by atoms with Gasteiger partial charge >= 0.3 is 0 Å². The highest BCUT2D eigenvalue weighted by Crippen LogP contribution is 2.22. The average molecular weight is 400 g/mol. The van der Waals surface area contributed by atoms with Crippen molar-refractivity contribution in [2.24, 2.45) is 0 Å². The van der Waals surface area contributed by atoms with Gasteiger partial charge in [0, 0.05) is 31.9 Å². The second kappa shape index (κ2) is 8.03. The van der Waals surface area contributed by atoms with Crippen LogP contribution >= 0.6 is 0 Å². The molecular weight excluding hydrogens is 374 g/mol. The Bertz CT molecular complexity index is 951. The van der Waals surface area contributed by atoms with Crippen molar-refractivity contribution >= 4 is 21.6 Å². The first kappa shape index (κ1) is 19.1. The highest BCUT2D eigenvalue weighted by atomic mass is 32.2. The Morgan fingerprint density at radius 3 is 2.32 bits per heavy atom. The molecule has 2 heterocycles. The number of carbonyl (C=O) groups is 1. The maximum Gasteiger partial charge on any atom is 0.243 e. The van der Waals surface area contributed by atoms with E-state index in [1.165, 1.54) is 15.4 Å². The van der Waals surface area contributed by atoms with Crippen molar-refractivity contribution in [2.45, 2.75) is 30.7 Å². The van der Waals surface area contributed by atoms with Crippen LogP contribution in [0.3, 0.4) is 0 Å². The van der Waals surface area contributed by atoms with Crippen molar-refractivity contribution in [1.29, 1.82) is 0 Å². The minimum absolute atomic E-state index is 0.0884. The van der Waals surface area contributed by atoms with E-state index in [0.29, 0.717) is 25.3 Å². The van der Waals surface area contributed by atoms with Crippen molar-refractivity contribution in [3.05, 3.63) is 59.7 Å². The zero-order chi connectivity index (χ0) is 19.6. The van der Waals surface area contributed by atoms with E-state index in [4.69, 9.17) is 0 Å². The van der Waals surface area contributed by atoms with Crippen molar-refractivity contribution in [1.82, 2.24) is 9.21 Å². The van der Waals surface area contributed by atoms with Crippen molar-refractivity contribution < 1.29 is 13.2 Å². The van der Waals surface area contributed by atoms with Crippen LogP contribution in [0.25, 0.3) is 0 Å². The topological polar surface area (TPSA) is 69.7 Å². The first-order chi connectivity index (χ1) is 13.5. The molecule has 6 nitrogen and oxygen atoms in total. The summed E-state index contributed by atoms with van der Waals surface area (Å²) in [6.07, 6.45) is 2.77. The zero-order valence-electron chi connectivity index (χ0n) is 15.8. The largest absolute Gasteiger partial charge is 0.325 e. The minimum atomic E-state index is -3.42. The molecule has 2 aromatic rings. The SMILES string of the molecule is O=C(CN1CCc2ccccc2C1)Nc1ccc(S(=O)(=O)N2CCCC2)cc1. The molecule has 4 rings (SSSR count). The third-order valence-electron chi connectivity index (χ3n) is 5.42. The summed E-state index contributed by atoms with van der Waals surface area (Å²) in [6, 6.07) is 14.8. The normalized spacial score (nSPS) is 18.0. The molecule has 1 saturated heterocycles. The van der Waals surface area contributed by atoms with Gasteiger partial charge in [-0.25, -0.2) is 8.42 Å². The standard InChI is InChI=1S/C21H25N3O3S/c25-21(16-23-14-11-17-5-1-2-6-18(17)15-23)22-19-7-9-20(10-8-19)28(26,27)24-12-3-4-13-24/h1-2,5-10H,3-4,11-16H2,(H,22,25). The number of anilines is 1. The molecular formula is C21H25N3O3S. The first-order valence-corrected chi connectivity index (χ1v) is 11.2. The number of sulfonamides is 1. The Hall–Kier alpha value is -2.22. The van der Waals surface area contributed by atoms with E-state index < -0.39 is 10.0 Å². The minimum Gasteiger partial charge on any atom is -0.325 e. The Morgan fingerprint density at radius 1 is 0.929 bits per heavy atom. The Labute approximate surface area is 166 Å². The van der Waals surface area contributed by atoms with Crippen LogP contribution in [0.15, 0.2) is 53.4 Å². The second-order valence-electron chi connectivity index (χ2n) is 7.41. The number of rotatable bonds is 5. The van der Waals surface area contributed by atoms with Gasteiger partial charge in [0.05, 0.1) is 11.4 Å². The van der Waals surface area contributed by atoms with E-state index in [1.54, 1.807) is 24.3 Å². The van der Waals surface area contributed by atoms with Crippen LogP contribution in [-0.4, -0.2) is 49.7 Å². The van der Waals surface area contributed by atoms with Crippen LogP contribution in [-0.2, 0) is 27.8 Å². The fourth-order valence-corrected chi connectivity index (χ4v) is 5.40. The molecule has 0 radical (unpaired) electrons. The molecule has 2 aliphatic rings. The maximum atomic E-state index is 12.6. The quantitative estimate of drug-likeness (QED) is 0.839. The summed E-state index contributed by atoms with van der Waals surface area (Å²) in [7, 11) is -3.42. The molecule has 2 aliphatic heterocycles. The molecule has 2 aromatic carbocycles. The van der Waals surface area contributed by atoms with Crippen LogP contribution < -0.4 is 5.32 Å². The lowest BCUT2D eigenvalue weighted by atomic mass is 10.00. The lowest BCUT2D eigenvalue weighted by Crippen LogP contribution is -2.37. The van der Waals surface area contributed by atoms with E-state index in [-0.39, 0.29) is 10.8 Å². The first-order valence-electron chi connectivity index (χ1n) is 9.71. The van der Waals surface area contributed by atoms with Crippen molar-refractivity contribution in [3.8, 4) is 0 Å². The zero-order valence-corrected chi connectivity index (χ0v) is 16.6. The summed E-state index contributed by atoms with van der Waals surface area (Å²) in [6.45, 7) is 3.12. The van der Waals surface area contributed by atoms with E-state index >= 15 is 0 Å². The molecule has 0 saturated carbocycles. The lowest BCUT2D eigenvalue weighted by Gasteiger charge is -2.28. The number of hydrogen-bond acceptors (Lipinski definition) is 4. The monoisotopic (exact) mass is 399 g/mol. The smallest absolute Gasteiger partial charge is 0.243 e. The molecule has 0 bridgehead atoms.